The van der Waals surface area contributed by atoms with Crippen molar-refractivity contribution in [2.75, 3.05) is 19.8 Å². The molecule has 2 aliphatic rings. The van der Waals surface area contributed by atoms with Crippen molar-refractivity contribution in [1.29, 1.82) is 0 Å². The van der Waals surface area contributed by atoms with Crippen LogP contribution >= 0.6 is 0 Å². The standard InChI is InChI=1S/C56H101NO13/c1-3-5-7-9-11-13-15-17-19-20-21-22-23-24-26-28-30-32-34-36-38-40-48(61)57-44(45(60)39-37-35-33-31-29-27-25-18-16-14-12-10-8-6-4-2)43-67-55-53(66)51(64)54(47(42-59)69-55)70-56-52(65)50(63)49(62)46(41-58)68-56/h5,7,11,13,17,19,21-22,44-47,49-56,58-60,62-66H,3-4,6,8-10,12,14-16,18,20,23-43H2,1-2H3,(H,57,61)/b7-5-,13-11-,19-17-,22-21-. The molecule has 0 radical (unpaired) electrons. The third kappa shape index (κ3) is 28.4. The lowest BCUT2D eigenvalue weighted by molar-refractivity contribution is -0.359. The van der Waals surface area contributed by atoms with Gasteiger partial charge in [0.2, 0.25) is 5.91 Å². The lowest BCUT2D eigenvalue weighted by Gasteiger charge is -2.46. The van der Waals surface area contributed by atoms with Crippen LogP contribution in [0.4, 0.5) is 0 Å². The summed E-state index contributed by atoms with van der Waals surface area (Å²) in [6.45, 7) is 2.74. The zero-order valence-electron chi connectivity index (χ0n) is 43.5. The van der Waals surface area contributed by atoms with E-state index in [-0.39, 0.29) is 12.5 Å². The van der Waals surface area contributed by atoms with Crippen LogP contribution in [0, 0.1) is 0 Å². The Hall–Kier alpha value is -2.05. The lowest BCUT2D eigenvalue weighted by atomic mass is 9.97. The summed E-state index contributed by atoms with van der Waals surface area (Å²) in [7, 11) is 0. The first-order chi connectivity index (χ1) is 34.1. The van der Waals surface area contributed by atoms with Crippen molar-refractivity contribution >= 4 is 5.91 Å². The van der Waals surface area contributed by atoms with Crippen LogP contribution in [0.25, 0.3) is 0 Å². The quantitative estimate of drug-likeness (QED) is 0.0207. The van der Waals surface area contributed by atoms with E-state index in [1.54, 1.807) is 0 Å². The molecule has 9 N–H and O–H groups in total. The van der Waals surface area contributed by atoms with Crippen molar-refractivity contribution < 1.29 is 64.6 Å². The summed E-state index contributed by atoms with van der Waals surface area (Å²) in [5, 5.41) is 87.1. The van der Waals surface area contributed by atoms with E-state index in [1.807, 2.05) is 0 Å². The van der Waals surface area contributed by atoms with Gasteiger partial charge in [0.05, 0.1) is 32.0 Å². The molecular weight excluding hydrogens is 895 g/mol. The highest BCUT2D eigenvalue weighted by molar-refractivity contribution is 5.76. The van der Waals surface area contributed by atoms with Crippen LogP contribution < -0.4 is 5.32 Å². The van der Waals surface area contributed by atoms with E-state index in [0.29, 0.717) is 19.3 Å². The van der Waals surface area contributed by atoms with Gasteiger partial charge in [-0.2, -0.15) is 0 Å². The van der Waals surface area contributed by atoms with E-state index in [9.17, 15) is 45.6 Å². The average molecular weight is 996 g/mol. The average Bonchev–Trinajstić information content (AvgIpc) is 3.36. The number of rotatable bonds is 43. The van der Waals surface area contributed by atoms with E-state index >= 15 is 0 Å². The number of allylic oxidation sites excluding steroid dienone is 8. The third-order valence-electron chi connectivity index (χ3n) is 13.6. The molecule has 408 valence electrons. The number of nitrogens with one attached hydrogen (secondary N) is 1. The highest BCUT2D eigenvalue weighted by Gasteiger charge is 2.51. The molecule has 0 aromatic carbocycles. The van der Waals surface area contributed by atoms with Gasteiger partial charge >= 0.3 is 0 Å². The minimum Gasteiger partial charge on any atom is -0.394 e. The first-order valence-corrected chi connectivity index (χ1v) is 27.9. The fraction of sp³-hybridized carbons (Fsp3) is 0.839. The van der Waals surface area contributed by atoms with Gasteiger partial charge in [-0.25, -0.2) is 0 Å². The van der Waals surface area contributed by atoms with Gasteiger partial charge in [0, 0.05) is 6.42 Å². The van der Waals surface area contributed by atoms with Crippen LogP contribution in [-0.4, -0.2) is 140 Å². The summed E-state index contributed by atoms with van der Waals surface area (Å²) in [6, 6.07) is -0.834. The molecule has 70 heavy (non-hydrogen) atoms. The van der Waals surface area contributed by atoms with Crippen LogP contribution in [0.1, 0.15) is 206 Å². The monoisotopic (exact) mass is 996 g/mol. The normalized spacial score (nSPS) is 26.3. The second-order valence-electron chi connectivity index (χ2n) is 19.7. The van der Waals surface area contributed by atoms with Crippen LogP contribution in [0.5, 0.6) is 0 Å². The lowest BCUT2D eigenvalue weighted by Crippen LogP contribution is -2.65. The maximum Gasteiger partial charge on any atom is 0.220 e. The van der Waals surface area contributed by atoms with E-state index in [1.165, 1.54) is 96.3 Å². The summed E-state index contributed by atoms with van der Waals surface area (Å²) in [5.74, 6) is -0.216. The molecular formula is C56H101NO13. The summed E-state index contributed by atoms with van der Waals surface area (Å²) in [4.78, 5) is 13.2. The Morgan fingerprint density at radius 1 is 0.529 bits per heavy atom. The molecule has 2 saturated heterocycles. The third-order valence-corrected chi connectivity index (χ3v) is 13.6. The Labute approximate surface area is 423 Å². The largest absolute Gasteiger partial charge is 0.394 e. The Kier molecular flexibility index (Phi) is 38.7. The topological polar surface area (TPSA) is 228 Å². The van der Waals surface area contributed by atoms with Crippen molar-refractivity contribution in [2.24, 2.45) is 0 Å². The Balaban J connectivity index is 1.78. The highest BCUT2D eigenvalue weighted by Crippen LogP contribution is 2.30. The van der Waals surface area contributed by atoms with Gasteiger partial charge in [-0.1, -0.05) is 197 Å². The number of unbranched alkanes of at least 4 members (excludes halogenated alkanes) is 22. The van der Waals surface area contributed by atoms with Gasteiger partial charge < -0.3 is 65.1 Å². The molecule has 1 amide bonds. The Morgan fingerprint density at radius 2 is 0.986 bits per heavy atom. The molecule has 14 heteroatoms. The predicted octanol–water partition coefficient (Wildman–Crippen LogP) is 8.44. The number of carbonyl (C=O) groups excluding carboxylic acids is 1. The van der Waals surface area contributed by atoms with Crippen LogP contribution in [-0.2, 0) is 23.7 Å². The van der Waals surface area contributed by atoms with Crippen molar-refractivity contribution in [2.45, 2.75) is 280 Å². The maximum atomic E-state index is 13.2. The first kappa shape index (κ1) is 64.1. The summed E-state index contributed by atoms with van der Waals surface area (Å²) in [5.41, 5.74) is 0. The predicted molar refractivity (Wildman–Crippen MR) is 277 cm³/mol. The van der Waals surface area contributed by atoms with Crippen LogP contribution in [0.3, 0.4) is 0 Å². The number of amides is 1. The zero-order chi connectivity index (χ0) is 51.0. The first-order valence-electron chi connectivity index (χ1n) is 27.9. The van der Waals surface area contributed by atoms with Gasteiger partial charge in [-0.15, -0.1) is 0 Å². The van der Waals surface area contributed by atoms with Crippen molar-refractivity contribution in [1.82, 2.24) is 5.32 Å². The van der Waals surface area contributed by atoms with Gasteiger partial charge in [-0.05, 0) is 51.4 Å². The number of hydrogen-bond donors (Lipinski definition) is 9. The maximum absolute atomic E-state index is 13.2. The molecule has 0 spiro atoms. The Morgan fingerprint density at radius 3 is 1.51 bits per heavy atom. The van der Waals surface area contributed by atoms with Gasteiger partial charge in [0.15, 0.2) is 12.6 Å². The number of aliphatic hydroxyl groups is 8. The number of ether oxygens (including phenoxy) is 4. The number of hydrogen-bond acceptors (Lipinski definition) is 13. The van der Waals surface area contributed by atoms with Crippen molar-refractivity contribution in [3.8, 4) is 0 Å². The fourth-order valence-corrected chi connectivity index (χ4v) is 9.05. The second-order valence-corrected chi connectivity index (χ2v) is 19.7. The summed E-state index contributed by atoms with van der Waals surface area (Å²) < 4.78 is 22.8. The molecule has 14 nitrogen and oxygen atoms in total. The molecule has 0 aliphatic carbocycles. The fourth-order valence-electron chi connectivity index (χ4n) is 9.05. The molecule has 12 atom stereocenters. The van der Waals surface area contributed by atoms with Gasteiger partial charge in [0.1, 0.15) is 48.8 Å². The van der Waals surface area contributed by atoms with Crippen LogP contribution in [0.2, 0.25) is 0 Å². The molecule has 0 bridgehead atoms. The van der Waals surface area contributed by atoms with E-state index < -0.39 is 86.8 Å². The smallest absolute Gasteiger partial charge is 0.220 e. The second kappa shape index (κ2) is 42.3. The van der Waals surface area contributed by atoms with Crippen LogP contribution in [0.15, 0.2) is 48.6 Å². The van der Waals surface area contributed by atoms with E-state index in [2.05, 4.69) is 67.8 Å². The number of aliphatic hydroxyl groups excluding tert-OH is 8. The highest BCUT2D eigenvalue weighted by atomic mass is 16.7. The molecule has 0 aromatic heterocycles. The Bertz CT molecular complexity index is 1360. The van der Waals surface area contributed by atoms with Crippen molar-refractivity contribution in [3.63, 3.8) is 0 Å². The van der Waals surface area contributed by atoms with E-state index in [0.717, 1.165) is 77.0 Å². The SMILES string of the molecule is CC/C=C\C/C=C\C/C=C\C/C=C\CCCCCCCCCCC(=O)NC(COC1OC(CO)C(OC2OC(CO)C(O)C(O)C2O)C(O)C1O)C(O)CCCCCCCCCCCCCCCCC. The summed E-state index contributed by atoms with van der Waals surface area (Å²) in [6.07, 6.45) is 33.8. The molecule has 2 fully saturated rings. The van der Waals surface area contributed by atoms with E-state index in [4.69, 9.17) is 18.9 Å². The molecule has 12 unspecified atom stereocenters. The van der Waals surface area contributed by atoms with Crippen molar-refractivity contribution in [3.05, 3.63) is 48.6 Å². The summed E-state index contributed by atoms with van der Waals surface area (Å²) >= 11 is 0. The molecule has 0 saturated carbocycles. The minimum absolute atomic E-state index is 0.216. The molecule has 2 aliphatic heterocycles. The van der Waals surface area contributed by atoms with Gasteiger partial charge in [-0.3, -0.25) is 4.79 Å². The number of carbonyl (C=O) groups is 1. The minimum atomic E-state index is -1.78. The zero-order valence-corrected chi connectivity index (χ0v) is 43.5. The molecule has 2 rings (SSSR count). The molecule has 2 heterocycles. The molecule has 0 aromatic rings. The van der Waals surface area contributed by atoms with Gasteiger partial charge in [0.25, 0.3) is 0 Å².